The molecule has 0 saturated carbocycles. The molecule has 1 aromatic carbocycles. The second-order valence-electron chi connectivity index (χ2n) is 5.88. The molecule has 2 aromatic rings. The van der Waals surface area contributed by atoms with Gasteiger partial charge in [-0.15, -0.1) is 0 Å². The zero-order chi connectivity index (χ0) is 18.5. The Kier molecular flexibility index (Phi) is 5.58. The molecule has 7 nitrogen and oxygen atoms in total. The molecule has 1 fully saturated rings. The number of amides is 2. The van der Waals surface area contributed by atoms with Gasteiger partial charge in [-0.25, -0.2) is 4.98 Å². The number of halogens is 1. The first-order valence-corrected chi connectivity index (χ1v) is 8.56. The Morgan fingerprint density at radius 2 is 2.23 bits per heavy atom. The summed E-state index contributed by atoms with van der Waals surface area (Å²) in [5.41, 5.74) is 1.35. The molecule has 0 atom stereocenters. The van der Waals surface area contributed by atoms with Crippen molar-refractivity contribution in [2.45, 2.75) is 6.92 Å². The van der Waals surface area contributed by atoms with E-state index in [1.165, 1.54) is 0 Å². The summed E-state index contributed by atoms with van der Waals surface area (Å²) >= 11 is 6.03. The van der Waals surface area contributed by atoms with Crippen LogP contribution in [0.25, 0.3) is 0 Å². The summed E-state index contributed by atoms with van der Waals surface area (Å²) in [7, 11) is 0. The number of rotatable bonds is 5. The van der Waals surface area contributed by atoms with Crippen LogP contribution < -0.4 is 20.3 Å². The van der Waals surface area contributed by atoms with Gasteiger partial charge in [0.1, 0.15) is 11.6 Å². The average molecular weight is 375 g/mol. The highest BCUT2D eigenvalue weighted by atomic mass is 35.5. The summed E-state index contributed by atoms with van der Waals surface area (Å²) in [5.74, 6) is 0.952. The van der Waals surface area contributed by atoms with Gasteiger partial charge in [0.05, 0.1) is 18.4 Å². The fraction of sp³-hybridized carbons (Fsp3) is 0.278. The Labute approximate surface area is 156 Å². The van der Waals surface area contributed by atoms with Crippen LogP contribution in [-0.2, 0) is 9.59 Å². The molecular weight excluding hydrogens is 356 g/mol. The summed E-state index contributed by atoms with van der Waals surface area (Å²) in [6, 6.07) is 8.82. The smallest absolute Gasteiger partial charge is 0.262 e. The standard InChI is InChI=1S/C18H19ClN4O3/c1-12-14(19)3-2-4-15(12)26-11-18(25)22-13-5-6-16(21-9-13)23-8-7-20-17(24)10-23/h2-6,9H,7-8,10-11H2,1H3,(H,20,24)(H,22,25). The number of hydrogen-bond donors (Lipinski definition) is 2. The number of anilines is 2. The highest BCUT2D eigenvalue weighted by molar-refractivity contribution is 6.31. The largest absolute Gasteiger partial charge is 0.483 e. The number of ether oxygens (including phenoxy) is 1. The van der Waals surface area contributed by atoms with E-state index < -0.39 is 0 Å². The predicted molar refractivity (Wildman–Crippen MR) is 99.8 cm³/mol. The molecule has 1 aliphatic rings. The molecule has 136 valence electrons. The fourth-order valence-corrected chi connectivity index (χ4v) is 2.73. The van der Waals surface area contributed by atoms with Gasteiger partial charge in [0.25, 0.3) is 5.91 Å². The van der Waals surface area contributed by atoms with Crippen LogP contribution in [0.15, 0.2) is 36.5 Å². The third-order valence-electron chi connectivity index (χ3n) is 3.97. The number of hydrogen-bond acceptors (Lipinski definition) is 5. The maximum Gasteiger partial charge on any atom is 0.262 e. The van der Waals surface area contributed by atoms with Crippen molar-refractivity contribution in [1.29, 1.82) is 0 Å². The van der Waals surface area contributed by atoms with Crippen molar-refractivity contribution >= 4 is 34.9 Å². The van der Waals surface area contributed by atoms with Crippen molar-refractivity contribution in [2.24, 2.45) is 0 Å². The Balaban J connectivity index is 1.54. The molecule has 3 rings (SSSR count). The third-order valence-corrected chi connectivity index (χ3v) is 4.38. The van der Waals surface area contributed by atoms with Crippen molar-refractivity contribution in [1.82, 2.24) is 10.3 Å². The number of carbonyl (C=O) groups excluding carboxylic acids is 2. The summed E-state index contributed by atoms with van der Waals surface area (Å²) in [5, 5.41) is 6.09. The number of nitrogens with one attached hydrogen (secondary N) is 2. The SMILES string of the molecule is Cc1c(Cl)cccc1OCC(=O)Nc1ccc(N2CCNC(=O)C2)nc1. The van der Waals surface area contributed by atoms with E-state index >= 15 is 0 Å². The molecule has 0 unspecified atom stereocenters. The predicted octanol–water partition coefficient (Wildman–Crippen LogP) is 2.00. The number of nitrogens with zero attached hydrogens (tertiary/aromatic N) is 2. The first kappa shape index (κ1) is 18.0. The molecule has 0 bridgehead atoms. The summed E-state index contributed by atoms with van der Waals surface area (Å²) < 4.78 is 5.51. The number of pyridine rings is 1. The number of aromatic nitrogens is 1. The molecule has 2 amide bonds. The van der Waals surface area contributed by atoms with Crippen molar-refractivity contribution in [3.63, 3.8) is 0 Å². The Hall–Kier alpha value is -2.80. The van der Waals surface area contributed by atoms with Gasteiger partial charge in [-0.2, -0.15) is 0 Å². The molecule has 0 radical (unpaired) electrons. The minimum atomic E-state index is -0.295. The second-order valence-corrected chi connectivity index (χ2v) is 6.28. The third kappa shape index (κ3) is 4.43. The normalized spacial score (nSPS) is 13.9. The highest BCUT2D eigenvalue weighted by Crippen LogP contribution is 2.25. The summed E-state index contributed by atoms with van der Waals surface area (Å²) in [6.07, 6.45) is 1.56. The fourth-order valence-electron chi connectivity index (χ4n) is 2.57. The average Bonchev–Trinajstić information content (AvgIpc) is 2.63. The Morgan fingerprint density at radius 3 is 2.96 bits per heavy atom. The number of piperazine rings is 1. The van der Waals surface area contributed by atoms with E-state index in [2.05, 4.69) is 15.6 Å². The molecule has 2 heterocycles. The Bertz CT molecular complexity index is 811. The van der Waals surface area contributed by atoms with Crippen LogP contribution in [0.3, 0.4) is 0 Å². The molecule has 1 aliphatic heterocycles. The molecule has 1 aromatic heterocycles. The van der Waals surface area contributed by atoms with Crippen LogP contribution in [0.4, 0.5) is 11.5 Å². The van der Waals surface area contributed by atoms with Crippen molar-refractivity contribution in [2.75, 3.05) is 36.5 Å². The van der Waals surface area contributed by atoms with Gasteiger partial charge in [0.15, 0.2) is 6.61 Å². The first-order valence-electron chi connectivity index (χ1n) is 8.18. The zero-order valence-corrected chi connectivity index (χ0v) is 15.0. The van der Waals surface area contributed by atoms with Gasteiger partial charge in [-0.05, 0) is 31.2 Å². The van der Waals surface area contributed by atoms with Crippen LogP contribution in [0.5, 0.6) is 5.75 Å². The quantitative estimate of drug-likeness (QED) is 0.836. The zero-order valence-electron chi connectivity index (χ0n) is 14.3. The lowest BCUT2D eigenvalue weighted by Gasteiger charge is -2.27. The van der Waals surface area contributed by atoms with Crippen LogP contribution in [0.2, 0.25) is 5.02 Å². The van der Waals surface area contributed by atoms with Gasteiger partial charge in [-0.1, -0.05) is 17.7 Å². The molecule has 8 heteroatoms. The highest BCUT2D eigenvalue weighted by Gasteiger charge is 2.17. The molecule has 0 spiro atoms. The van der Waals surface area contributed by atoms with Crippen LogP contribution in [0.1, 0.15) is 5.56 Å². The van der Waals surface area contributed by atoms with Crippen LogP contribution in [-0.4, -0.2) is 43.0 Å². The van der Waals surface area contributed by atoms with E-state index in [1.54, 1.807) is 36.5 Å². The number of benzene rings is 1. The monoisotopic (exact) mass is 374 g/mol. The van der Waals surface area contributed by atoms with E-state index in [0.29, 0.717) is 35.4 Å². The van der Waals surface area contributed by atoms with E-state index in [4.69, 9.17) is 16.3 Å². The molecular formula is C18H19ClN4O3. The summed E-state index contributed by atoms with van der Waals surface area (Å²) in [6.45, 7) is 3.29. The maximum absolute atomic E-state index is 12.1. The van der Waals surface area contributed by atoms with Gasteiger partial charge >= 0.3 is 0 Å². The van der Waals surface area contributed by atoms with E-state index in [9.17, 15) is 9.59 Å². The molecule has 0 aliphatic carbocycles. The molecule has 1 saturated heterocycles. The molecule has 26 heavy (non-hydrogen) atoms. The van der Waals surface area contributed by atoms with Crippen molar-refractivity contribution < 1.29 is 14.3 Å². The van der Waals surface area contributed by atoms with Crippen molar-refractivity contribution in [3.05, 3.63) is 47.1 Å². The maximum atomic E-state index is 12.1. The summed E-state index contributed by atoms with van der Waals surface area (Å²) in [4.78, 5) is 29.7. The topological polar surface area (TPSA) is 83.6 Å². The first-order chi connectivity index (χ1) is 12.5. The number of carbonyl (C=O) groups is 2. The minimum absolute atomic E-state index is 0.0242. The lowest BCUT2D eigenvalue weighted by atomic mass is 10.2. The van der Waals surface area contributed by atoms with E-state index in [1.807, 2.05) is 11.8 Å². The van der Waals surface area contributed by atoms with Gasteiger partial charge in [0, 0.05) is 23.7 Å². The van der Waals surface area contributed by atoms with Crippen LogP contribution >= 0.6 is 11.6 Å². The van der Waals surface area contributed by atoms with Gasteiger partial charge in [0.2, 0.25) is 5.91 Å². The van der Waals surface area contributed by atoms with E-state index in [-0.39, 0.29) is 25.0 Å². The Morgan fingerprint density at radius 1 is 1.38 bits per heavy atom. The lowest BCUT2D eigenvalue weighted by molar-refractivity contribution is -0.120. The minimum Gasteiger partial charge on any atom is -0.483 e. The second kappa shape index (κ2) is 8.05. The van der Waals surface area contributed by atoms with Gasteiger partial charge < -0.3 is 20.3 Å². The van der Waals surface area contributed by atoms with Gasteiger partial charge in [-0.3, -0.25) is 9.59 Å². The van der Waals surface area contributed by atoms with Crippen LogP contribution in [0, 0.1) is 6.92 Å². The van der Waals surface area contributed by atoms with E-state index in [0.717, 1.165) is 5.56 Å². The lowest BCUT2D eigenvalue weighted by Crippen LogP contribution is -2.48. The molecule has 2 N–H and O–H groups in total. The van der Waals surface area contributed by atoms with Crippen molar-refractivity contribution in [3.8, 4) is 5.75 Å².